The lowest BCUT2D eigenvalue weighted by Crippen LogP contribution is -2.32. The van der Waals surface area contributed by atoms with Gasteiger partial charge in [0.05, 0.1) is 5.56 Å². The summed E-state index contributed by atoms with van der Waals surface area (Å²) in [6.45, 7) is 0. The lowest BCUT2D eigenvalue weighted by Gasteiger charge is -2.15. The van der Waals surface area contributed by atoms with Crippen molar-refractivity contribution in [1.29, 1.82) is 0 Å². The van der Waals surface area contributed by atoms with Crippen LogP contribution in [0.25, 0.3) is 0 Å². The number of nitrogens with one attached hydrogen (secondary N) is 1. The molecule has 0 aromatic heterocycles. The Morgan fingerprint density at radius 3 is 2.45 bits per heavy atom. The Morgan fingerprint density at radius 2 is 1.90 bits per heavy atom. The average Bonchev–Trinajstić information content (AvgIpc) is 2.75. The first kappa shape index (κ1) is 14.5. The van der Waals surface area contributed by atoms with Crippen LogP contribution >= 0.6 is 0 Å². The molecular formula is C13H14F3NO3. The predicted octanol–water partition coefficient (Wildman–Crippen LogP) is 3.27. The molecule has 4 nitrogen and oxygen atoms in total. The third kappa shape index (κ3) is 3.79. The second-order valence-corrected chi connectivity index (χ2v) is 4.72. The Hall–Kier alpha value is -1.92. The first-order valence-corrected chi connectivity index (χ1v) is 6.18. The number of alkyl halides is 3. The van der Waals surface area contributed by atoms with Gasteiger partial charge in [-0.3, -0.25) is 0 Å². The third-order valence-corrected chi connectivity index (χ3v) is 3.20. The normalized spacial score (nSPS) is 22.6. The Labute approximate surface area is 113 Å². The van der Waals surface area contributed by atoms with Crippen molar-refractivity contribution in [2.75, 3.05) is 0 Å². The lowest BCUT2D eigenvalue weighted by molar-refractivity contribution is -0.137. The van der Waals surface area contributed by atoms with Gasteiger partial charge in [-0.1, -0.05) is 0 Å². The van der Waals surface area contributed by atoms with Crippen molar-refractivity contribution in [3.8, 4) is 5.75 Å². The van der Waals surface area contributed by atoms with Gasteiger partial charge in [-0.25, -0.2) is 4.79 Å². The van der Waals surface area contributed by atoms with Crippen molar-refractivity contribution in [3.05, 3.63) is 29.8 Å². The van der Waals surface area contributed by atoms with Gasteiger partial charge in [0.15, 0.2) is 0 Å². The largest absolute Gasteiger partial charge is 0.490 e. The molecule has 0 saturated heterocycles. The number of ether oxygens (including phenoxy) is 1. The molecule has 0 spiro atoms. The molecule has 110 valence electrons. The summed E-state index contributed by atoms with van der Waals surface area (Å²) in [5.41, 5.74) is -0.721. The summed E-state index contributed by atoms with van der Waals surface area (Å²) in [4.78, 5) is 10.5. The summed E-state index contributed by atoms with van der Waals surface area (Å²) in [6.07, 6.45) is -3.76. The van der Waals surface area contributed by atoms with E-state index in [1.807, 2.05) is 0 Å². The molecule has 2 atom stereocenters. The topological polar surface area (TPSA) is 58.6 Å². The molecule has 2 N–H and O–H groups in total. The van der Waals surface area contributed by atoms with Crippen molar-refractivity contribution < 1.29 is 27.8 Å². The van der Waals surface area contributed by atoms with E-state index in [9.17, 15) is 18.0 Å². The van der Waals surface area contributed by atoms with Gasteiger partial charge in [0.2, 0.25) is 0 Å². The second-order valence-electron chi connectivity index (χ2n) is 4.72. The first-order valence-electron chi connectivity index (χ1n) is 6.18. The number of hydrogen-bond donors (Lipinski definition) is 2. The SMILES string of the molecule is O=C(O)N[C@H]1CC[C@H](Oc2ccc(C(F)(F)F)cc2)C1. The smallest absolute Gasteiger partial charge is 0.416 e. The van der Waals surface area contributed by atoms with Crippen LogP contribution in [0.1, 0.15) is 24.8 Å². The molecule has 0 unspecified atom stereocenters. The second kappa shape index (κ2) is 5.60. The Balaban J connectivity index is 1.90. The van der Waals surface area contributed by atoms with E-state index in [2.05, 4.69) is 5.32 Å². The molecule has 1 aliphatic carbocycles. The summed E-state index contributed by atoms with van der Waals surface area (Å²) in [7, 11) is 0. The minimum atomic E-state index is -4.36. The van der Waals surface area contributed by atoms with Crippen LogP contribution < -0.4 is 10.1 Å². The lowest BCUT2D eigenvalue weighted by atomic mass is 10.2. The minimum Gasteiger partial charge on any atom is -0.490 e. The van der Waals surface area contributed by atoms with E-state index >= 15 is 0 Å². The van der Waals surface area contributed by atoms with Gasteiger partial charge in [-0.2, -0.15) is 13.2 Å². The highest BCUT2D eigenvalue weighted by Gasteiger charge is 2.31. The fourth-order valence-corrected chi connectivity index (χ4v) is 2.27. The zero-order valence-corrected chi connectivity index (χ0v) is 10.5. The molecule has 2 rings (SSSR count). The van der Waals surface area contributed by atoms with Crippen molar-refractivity contribution in [2.24, 2.45) is 0 Å². The summed E-state index contributed by atoms with van der Waals surface area (Å²) in [6, 6.07) is 4.34. The molecule has 0 radical (unpaired) electrons. The van der Waals surface area contributed by atoms with E-state index in [0.717, 1.165) is 12.1 Å². The molecule has 1 aliphatic rings. The maximum absolute atomic E-state index is 12.4. The standard InChI is InChI=1S/C13H14F3NO3/c14-13(15,16)8-1-4-10(5-2-8)20-11-6-3-9(7-11)17-12(18)19/h1-2,4-5,9,11,17H,3,6-7H2,(H,18,19)/t9-,11-/m0/s1. The maximum Gasteiger partial charge on any atom is 0.416 e. The zero-order valence-electron chi connectivity index (χ0n) is 10.5. The molecule has 0 heterocycles. The highest BCUT2D eigenvalue weighted by molar-refractivity contribution is 5.64. The first-order chi connectivity index (χ1) is 9.34. The summed E-state index contributed by atoms with van der Waals surface area (Å²) < 4.78 is 42.7. The number of benzene rings is 1. The number of carboxylic acid groups (broad SMARTS) is 1. The quantitative estimate of drug-likeness (QED) is 0.897. The van der Waals surface area contributed by atoms with Crippen LogP contribution in [-0.2, 0) is 6.18 Å². The fraction of sp³-hybridized carbons (Fsp3) is 0.462. The van der Waals surface area contributed by atoms with Crippen LogP contribution in [-0.4, -0.2) is 23.3 Å². The molecular weight excluding hydrogens is 275 g/mol. The fourth-order valence-electron chi connectivity index (χ4n) is 2.27. The van der Waals surface area contributed by atoms with Crippen LogP contribution in [0.4, 0.5) is 18.0 Å². The Bertz CT molecular complexity index is 473. The average molecular weight is 289 g/mol. The van der Waals surface area contributed by atoms with Gasteiger partial charge in [0.25, 0.3) is 0 Å². The third-order valence-electron chi connectivity index (χ3n) is 3.20. The predicted molar refractivity (Wildman–Crippen MR) is 64.7 cm³/mol. The van der Waals surface area contributed by atoms with Gasteiger partial charge in [-0.15, -0.1) is 0 Å². The van der Waals surface area contributed by atoms with Gasteiger partial charge in [-0.05, 0) is 37.1 Å². The Kier molecular flexibility index (Phi) is 4.06. The summed E-state index contributed by atoms with van der Waals surface area (Å²) in [5.74, 6) is 0.360. The van der Waals surface area contributed by atoms with E-state index in [0.29, 0.717) is 25.0 Å². The minimum absolute atomic E-state index is 0.160. The van der Waals surface area contributed by atoms with E-state index in [-0.39, 0.29) is 12.1 Å². The summed E-state index contributed by atoms with van der Waals surface area (Å²) in [5, 5.41) is 11.0. The van der Waals surface area contributed by atoms with Crippen molar-refractivity contribution >= 4 is 6.09 Å². The van der Waals surface area contributed by atoms with Gasteiger partial charge >= 0.3 is 12.3 Å². The highest BCUT2D eigenvalue weighted by atomic mass is 19.4. The van der Waals surface area contributed by atoms with Crippen LogP contribution in [0.5, 0.6) is 5.75 Å². The van der Waals surface area contributed by atoms with Gasteiger partial charge in [0, 0.05) is 12.5 Å². The van der Waals surface area contributed by atoms with Gasteiger partial charge < -0.3 is 15.2 Å². The molecule has 0 aliphatic heterocycles. The monoisotopic (exact) mass is 289 g/mol. The number of halogens is 3. The highest BCUT2D eigenvalue weighted by Crippen LogP contribution is 2.31. The van der Waals surface area contributed by atoms with E-state index in [4.69, 9.17) is 9.84 Å². The molecule has 0 bridgehead atoms. The molecule has 1 amide bonds. The molecule has 1 saturated carbocycles. The van der Waals surface area contributed by atoms with Crippen molar-refractivity contribution in [2.45, 2.75) is 37.6 Å². The number of hydrogen-bond acceptors (Lipinski definition) is 2. The Morgan fingerprint density at radius 1 is 1.25 bits per heavy atom. The van der Waals surface area contributed by atoms with E-state index < -0.39 is 17.8 Å². The zero-order chi connectivity index (χ0) is 14.8. The molecule has 7 heteroatoms. The molecule has 1 aromatic rings. The molecule has 1 fully saturated rings. The number of carbonyl (C=O) groups is 1. The number of amides is 1. The van der Waals surface area contributed by atoms with Crippen LogP contribution in [0, 0.1) is 0 Å². The van der Waals surface area contributed by atoms with Crippen molar-refractivity contribution in [1.82, 2.24) is 5.32 Å². The summed E-state index contributed by atoms with van der Waals surface area (Å²) >= 11 is 0. The van der Waals surface area contributed by atoms with Crippen LogP contribution in [0.3, 0.4) is 0 Å². The van der Waals surface area contributed by atoms with Crippen LogP contribution in [0.2, 0.25) is 0 Å². The van der Waals surface area contributed by atoms with Gasteiger partial charge in [0.1, 0.15) is 11.9 Å². The number of rotatable bonds is 3. The maximum atomic E-state index is 12.4. The van der Waals surface area contributed by atoms with E-state index in [1.54, 1.807) is 0 Å². The molecule has 20 heavy (non-hydrogen) atoms. The van der Waals surface area contributed by atoms with Crippen LogP contribution in [0.15, 0.2) is 24.3 Å². The van der Waals surface area contributed by atoms with Crippen molar-refractivity contribution in [3.63, 3.8) is 0 Å². The van der Waals surface area contributed by atoms with E-state index in [1.165, 1.54) is 12.1 Å². The molecule has 1 aromatic carbocycles.